The number of carbonyl (C=O) groups is 1. The second-order valence-corrected chi connectivity index (χ2v) is 4.59. The molecule has 0 radical (unpaired) electrons. The summed E-state index contributed by atoms with van der Waals surface area (Å²) in [4.78, 5) is 10.7. The Morgan fingerprint density at radius 3 is 2.56 bits per heavy atom. The smallest absolute Gasteiger partial charge is 0.328 e. The van der Waals surface area contributed by atoms with Crippen LogP contribution in [0.1, 0.15) is 16.7 Å². The lowest BCUT2D eigenvalue weighted by Gasteiger charge is -2.11. The standard InChI is InChI=1S/C13H11ClO4/c14-11-9-4-6-17-12(9)7(1-2-10(15)16)8-3-5-18-13(8)11/h1-2H,3-6H2,(H,15,16)/b2-1+. The van der Waals surface area contributed by atoms with Crippen molar-refractivity contribution in [1.82, 2.24) is 0 Å². The Labute approximate surface area is 109 Å². The largest absolute Gasteiger partial charge is 0.492 e. The number of hydrogen-bond donors (Lipinski definition) is 1. The zero-order valence-corrected chi connectivity index (χ0v) is 10.3. The lowest BCUT2D eigenvalue weighted by molar-refractivity contribution is -0.131. The molecule has 18 heavy (non-hydrogen) atoms. The van der Waals surface area contributed by atoms with Gasteiger partial charge in [-0.25, -0.2) is 4.79 Å². The number of aliphatic carboxylic acids is 1. The molecule has 0 saturated carbocycles. The third-order valence-corrected chi connectivity index (χ3v) is 3.57. The van der Waals surface area contributed by atoms with Crippen LogP contribution in [-0.2, 0) is 17.6 Å². The van der Waals surface area contributed by atoms with E-state index in [2.05, 4.69) is 0 Å². The molecule has 0 spiro atoms. The van der Waals surface area contributed by atoms with Gasteiger partial charge in [-0.3, -0.25) is 0 Å². The Morgan fingerprint density at radius 1 is 1.17 bits per heavy atom. The van der Waals surface area contributed by atoms with E-state index < -0.39 is 5.97 Å². The highest BCUT2D eigenvalue weighted by Crippen LogP contribution is 2.47. The average Bonchev–Trinajstić information content (AvgIpc) is 2.95. The summed E-state index contributed by atoms with van der Waals surface area (Å²) in [5, 5.41) is 9.35. The summed E-state index contributed by atoms with van der Waals surface area (Å²) in [6, 6.07) is 0. The van der Waals surface area contributed by atoms with E-state index in [0.29, 0.717) is 29.7 Å². The highest BCUT2D eigenvalue weighted by Gasteiger charge is 2.29. The van der Waals surface area contributed by atoms with Gasteiger partial charge in [0.15, 0.2) is 0 Å². The Morgan fingerprint density at radius 2 is 1.83 bits per heavy atom. The molecule has 1 aromatic carbocycles. The van der Waals surface area contributed by atoms with E-state index in [-0.39, 0.29) is 0 Å². The Balaban J connectivity index is 2.21. The summed E-state index contributed by atoms with van der Waals surface area (Å²) >= 11 is 6.29. The van der Waals surface area contributed by atoms with Crippen LogP contribution >= 0.6 is 11.6 Å². The molecule has 0 aromatic heterocycles. The van der Waals surface area contributed by atoms with Crippen molar-refractivity contribution in [3.05, 3.63) is 27.8 Å². The monoisotopic (exact) mass is 266 g/mol. The van der Waals surface area contributed by atoms with Crippen molar-refractivity contribution in [2.75, 3.05) is 13.2 Å². The molecule has 1 aromatic rings. The molecule has 0 amide bonds. The zero-order valence-electron chi connectivity index (χ0n) is 9.53. The van der Waals surface area contributed by atoms with Gasteiger partial charge in [0, 0.05) is 35.6 Å². The number of hydrogen-bond acceptors (Lipinski definition) is 3. The van der Waals surface area contributed by atoms with Crippen LogP contribution in [0.2, 0.25) is 5.02 Å². The van der Waals surface area contributed by atoms with Crippen LogP contribution in [-0.4, -0.2) is 24.3 Å². The van der Waals surface area contributed by atoms with Crippen LogP contribution in [0.5, 0.6) is 11.5 Å². The molecule has 3 rings (SSSR count). The maximum Gasteiger partial charge on any atom is 0.328 e. The van der Waals surface area contributed by atoms with E-state index >= 15 is 0 Å². The summed E-state index contributed by atoms with van der Waals surface area (Å²) in [6.45, 7) is 1.15. The number of benzene rings is 1. The molecule has 1 N–H and O–H groups in total. The van der Waals surface area contributed by atoms with Crippen molar-refractivity contribution in [3.63, 3.8) is 0 Å². The third-order valence-electron chi connectivity index (χ3n) is 3.17. The number of halogens is 1. The van der Waals surface area contributed by atoms with Crippen molar-refractivity contribution < 1.29 is 19.4 Å². The summed E-state index contributed by atoms with van der Waals surface area (Å²) in [6.07, 6.45) is 4.14. The minimum atomic E-state index is -0.982. The first-order chi connectivity index (χ1) is 8.68. The van der Waals surface area contributed by atoms with Gasteiger partial charge >= 0.3 is 5.97 Å². The number of fused-ring (bicyclic) bond motifs is 2. The molecular weight excluding hydrogens is 256 g/mol. The summed E-state index contributed by atoms with van der Waals surface area (Å²) in [5.41, 5.74) is 2.65. The summed E-state index contributed by atoms with van der Waals surface area (Å²) in [7, 11) is 0. The van der Waals surface area contributed by atoms with Crippen molar-refractivity contribution in [2.24, 2.45) is 0 Å². The first-order valence-electron chi connectivity index (χ1n) is 5.72. The fourth-order valence-electron chi connectivity index (χ4n) is 2.42. The van der Waals surface area contributed by atoms with Gasteiger partial charge in [-0.1, -0.05) is 11.6 Å². The van der Waals surface area contributed by atoms with Crippen LogP contribution in [0.3, 0.4) is 0 Å². The van der Waals surface area contributed by atoms with Crippen LogP contribution in [0, 0.1) is 0 Å². The second kappa shape index (κ2) is 4.21. The molecule has 0 saturated heterocycles. The van der Waals surface area contributed by atoms with Crippen LogP contribution < -0.4 is 9.47 Å². The molecule has 5 heteroatoms. The molecule has 0 fully saturated rings. The van der Waals surface area contributed by atoms with E-state index in [9.17, 15) is 4.79 Å². The minimum Gasteiger partial charge on any atom is -0.492 e. The van der Waals surface area contributed by atoms with E-state index in [1.165, 1.54) is 0 Å². The number of carboxylic acids is 1. The molecule has 0 unspecified atom stereocenters. The summed E-state index contributed by atoms with van der Waals surface area (Å²) < 4.78 is 11.1. The Kier molecular flexibility index (Phi) is 2.67. The molecule has 0 bridgehead atoms. The molecule has 4 nitrogen and oxygen atoms in total. The average molecular weight is 267 g/mol. The first kappa shape index (κ1) is 11.4. The number of rotatable bonds is 2. The van der Waals surface area contributed by atoms with Crippen LogP contribution in [0.25, 0.3) is 6.08 Å². The lowest BCUT2D eigenvalue weighted by atomic mass is 9.99. The maximum atomic E-state index is 10.7. The number of ether oxygens (including phenoxy) is 2. The third kappa shape index (κ3) is 1.64. The Bertz CT molecular complexity index is 528. The molecule has 2 aliphatic heterocycles. The van der Waals surface area contributed by atoms with Crippen molar-refractivity contribution in [1.29, 1.82) is 0 Å². The normalized spacial score (nSPS) is 16.3. The van der Waals surface area contributed by atoms with Crippen molar-refractivity contribution >= 4 is 23.6 Å². The van der Waals surface area contributed by atoms with E-state index in [4.69, 9.17) is 26.2 Å². The molecule has 2 aliphatic rings. The quantitative estimate of drug-likeness (QED) is 0.835. The predicted octanol–water partition coefficient (Wildman–Crippen LogP) is 2.31. The fourth-order valence-corrected chi connectivity index (χ4v) is 2.77. The van der Waals surface area contributed by atoms with Gasteiger partial charge in [-0.05, 0) is 6.08 Å². The van der Waals surface area contributed by atoms with Gasteiger partial charge < -0.3 is 14.6 Å². The molecule has 94 valence electrons. The van der Waals surface area contributed by atoms with Gasteiger partial charge in [-0.2, -0.15) is 0 Å². The van der Waals surface area contributed by atoms with Gasteiger partial charge in [0.2, 0.25) is 0 Å². The van der Waals surface area contributed by atoms with Crippen LogP contribution in [0.15, 0.2) is 6.08 Å². The summed E-state index contributed by atoms with van der Waals surface area (Å²) in [5.74, 6) is 0.414. The van der Waals surface area contributed by atoms with E-state index in [1.807, 2.05) is 0 Å². The number of carboxylic acid groups (broad SMARTS) is 1. The molecule has 2 heterocycles. The van der Waals surface area contributed by atoms with Gasteiger partial charge in [-0.15, -0.1) is 0 Å². The van der Waals surface area contributed by atoms with Crippen molar-refractivity contribution in [2.45, 2.75) is 12.8 Å². The van der Waals surface area contributed by atoms with Crippen LogP contribution in [0.4, 0.5) is 0 Å². The lowest BCUT2D eigenvalue weighted by Crippen LogP contribution is -1.94. The maximum absolute atomic E-state index is 10.7. The molecule has 0 atom stereocenters. The van der Waals surface area contributed by atoms with E-state index in [1.54, 1.807) is 6.08 Å². The predicted molar refractivity (Wildman–Crippen MR) is 66.5 cm³/mol. The van der Waals surface area contributed by atoms with E-state index in [0.717, 1.165) is 35.6 Å². The first-order valence-corrected chi connectivity index (χ1v) is 6.10. The topological polar surface area (TPSA) is 55.8 Å². The fraction of sp³-hybridized carbons (Fsp3) is 0.308. The van der Waals surface area contributed by atoms with Crippen molar-refractivity contribution in [3.8, 4) is 11.5 Å². The Hall–Kier alpha value is -1.68. The SMILES string of the molecule is O=C(O)/C=C/c1c2c(c(Cl)c3c1OCC3)OCC2. The zero-order chi connectivity index (χ0) is 12.7. The highest BCUT2D eigenvalue weighted by molar-refractivity contribution is 6.33. The van der Waals surface area contributed by atoms with Gasteiger partial charge in [0.25, 0.3) is 0 Å². The molecular formula is C13H11ClO4. The van der Waals surface area contributed by atoms with Gasteiger partial charge in [0.1, 0.15) is 11.5 Å². The highest BCUT2D eigenvalue weighted by atomic mass is 35.5. The van der Waals surface area contributed by atoms with Gasteiger partial charge in [0.05, 0.1) is 18.2 Å². The molecule has 0 aliphatic carbocycles. The minimum absolute atomic E-state index is 0.575. The second-order valence-electron chi connectivity index (χ2n) is 4.21.